The lowest BCUT2D eigenvalue weighted by atomic mass is 10.1. The van der Waals surface area contributed by atoms with Gasteiger partial charge in [0.1, 0.15) is 11.5 Å². The smallest absolute Gasteiger partial charge is 0.415 e. The Morgan fingerprint density at radius 3 is 2.37 bits per heavy atom. The van der Waals surface area contributed by atoms with E-state index in [-0.39, 0.29) is 23.6 Å². The third kappa shape index (κ3) is 6.50. The molecule has 2 amide bonds. The molecule has 7 heteroatoms. The quantitative estimate of drug-likeness (QED) is 0.438. The molecular formula is C28H33N3O4. The number of ether oxygens (including phenoxy) is 2. The lowest BCUT2D eigenvalue weighted by Gasteiger charge is -2.34. The molecule has 0 saturated heterocycles. The summed E-state index contributed by atoms with van der Waals surface area (Å²) in [6.45, 7) is 10.2. The van der Waals surface area contributed by atoms with Crippen LogP contribution in [0.2, 0.25) is 0 Å². The van der Waals surface area contributed by atoms with E-state index in [9.17, 15) is 9.59 Å². The Morgan fingerprint density at radius 2 is 1.74 bits per heavy atom. The minimum Gasteiger partial charge on any atom is -0.439 e. The molecule has 1 aliphatic carbocycles. The third-order valence-corrected chi connectivity index (χ3v) is 6.03. The summed E-state index contributed by atoms with van der Waals surface area (Å²) in [5.74, 6) is 2.05. The topological polar surface area (TPSA) is 80.8 Å². The Bertz CT molecular complexity index is 1210. The number of aromatic nitrogens is 1. The number of carbonyl (C=O) groups is 2. The molecule has 1 aromatic heterocycles. The van der Waals surface area contributed by atoms with Crippen molar-refractivity contribution in [2.75, 3.05) is 6.54 Å². The molecule has 1 aliphatic rings. The Hall–Kier alpha value is -3.61. The van der Waals surface area contributed by atoms with Gasteiger partial charge in [0.15, 0.2) is 0 Å². The van der Waals surface area contributed by atoms with E-state index in [0.717, 1.165) is 23.0 Å². The van der Waals surface area contributed by atoms with Crippen LogP contribution in [0.15, 0.2) is 54.6 Å². The zero-order valence-electron chi connectivity index (χ0n) is 21.0. The number of fused-ring (bicyclic) bond motifs is 1. The van der Waals surface area contributed by atoms with Crippen LogP contribution in [0.25, 0.3) is 10.9 Å². The van der Waals surface area contributed by atoms with Crippen molar-refractivity contribution in [3.63, 3.8) is 0 Å². The first kappa shape index (κ1) is 24.5. The predicted octanol–water partition coefficient (Wildman–Crippen LogP) is 6.23. The van der Waals surface area contributed by atoms with Gasteiger partial charge >= 0.3 is 6.09 Å². The highest BCUT2D eigenvalue weighted by Gasteiger charge is 2.34. The van der Waals surface area contributed by atoms with E-state index in [1.54, 1.807) is 29.2 Å². The van der Waals surface area contributed by atoms with Crippen molar-refractivity contribution in [1.82, 2.24) is 15.2 Å². The Kier molecular flexibility index (Phi) is 6.96. The van der Waals surface area contributed by atoms with Crippen molar-refractivity contribution in [3.8, 4) is 17.4 Å². The minimum atomic E-state index is -0.332. The number of nitrogens with one attached hydrogen (secondary N) is 1. The normalized spacial score (nSPS) is 14.3. The maximum atomic E-state index is 12.8. The molecule has 0 bridgehead atoms. The SMILES string of the molecule is CC(=O)NC(C)c1ccc2nc(Oc3ccc(OC(=O)N(CC4CC4)C(C)(C)C)cc3)ccc2c1. The van der Waals surface area contributed by atoms with Crippen LogP contribution < -0.4 is 14.8 Å². The molecule has 0 aliphatic heterocycles. The highest BCUT2D eigenvalue weighted by atomic mass is 16.6. The van der Waals surface area contributed by atoms with E-state index in [1.165, 1.54) is 19.8 Å². The van der Waals surface area contributed by atoms with Gasteiger partial charge in [-0.3, -0.25) is 4.79 Å². The summed E-state index contributed by atoms with van der Waals surface area (Å²) in [6.07, 6.45) is 2.01. The van der Waals surface area contributed by atoms with Crippen LogP contribution in [0.1, 0.15) is 59.1 Å². The van der Waals surface area contributed by atoms with Gasteiger partial charge in [-0.25, -0.2) is 9.78 Å². The zero-order chi connectivity index (χ0) is 25.2. The van der Waals surface area contributed by atoms with E-state index in [2.05, 4.69) is 10.3 Å². The first-order valence-electron chi connectivity index (χ1n) is 12.0. The Morgan fingerprint density at radius 1 is 1.06 bits per heavy atom. The van der Waals surface area contributed by atoms with Crippen LogP contribution in [0.3, 0.4) is 0 Å². The van der Waals surface area contributed by atoms with Gasteiger partial charge in [0.05, 0.1) is 11.6 Å². The number of benzene rings is 2. The van der Waals surface area contributed by atoms with Gasteiger partial charge in [-0.05, 0) is 94.5 Å². The van der Waals surface area contributed by atoms with Crippen LogP contribution in [-0.4, -0.2) is 34.0 Å². The minimum absolute atomic E-state index is 0.0648. The molecule has 1 fully saturated rings. The number of amides is 2. The number of rotatable bonds is 7. The molecule has 1 saturated carbocycles. The highest BCUT2D eigenvalue weighted by Crippen LogP contribution is 2.33. The molecule has 1 unspecified atom stereocenters. The predicted molar refractivity (Wildman–Crippen MR) is 136 cm³/mol. The largest absolute Gasteiger partial charge is 0.439 e. The molecule has 4 rings (SSSR count). The van der Waals surface area contributed by atoms with Crippen LogP contribution in [-0.2, 0) is 4.79 Å². The molecule has 0 spiro atoms. The van der Waals surface area contributed by atoms with Crippen LogP contribution in [0.5, 0.6) is 17.4 Å². The van der Waals surface area contributed by atoms with E-state index < -0.39 is 0 Å². The van der Waals surface area contributed by atoms with E-state index >= 15 is 0 Å². The van der Waals surface area contributed by atoms with Crippen molar-refractivity contribution in [2.24, 2.45) is 5.92 Å². The molecule has 1 atom stereocenters. The summed E-state index contributed by atoms with van der Waals surface area (Å²) >= 11 is 0. The molecule has 35 heavy (non-hydrogen) atoms. The second kappa shape index (κ2) is 9.94. The van der Waals surface area contributed by atoms with Crippen molar-refractivity contribution >= 4 is 22.9 Å². The monoisotopic (exact) mass is 475 g/mol. The molecule has 1 N–H and O–H groups in total. The number of hydrogen-bond acceptors (Lipinski definition) is 5. The first-order chi connectivity index (χ1) is 16.6. The molecule has 7 nitrogen and oxygen atoms in total. The number of carbonyl (C=O) groups excluding carboxylic acids is 2. The summed E-state index contributed by atoms with van der Waals surface area (Å²) in [4.78, 5) is 30.5. The maximum Gasteiger partial charge on any atom is 0.415 e. The van der Waals surface area contributed by atoms with Gasteiger partial charge in [0, 0.05) is 30.5 Å². The zero-order valence-corrected chi connectivity index (χ0v) is 21.0. The van der Waals surface area contributed by atoms with Crippen LogP contribution in [0, 0.1) is 5.92 Å². The van der Waals surface area contributed by atoms with Crippen molar-refractivity contribution in [2.45, 2.75) is 59.0 Å². The van der Waals surface area contributed by atoms with Gasteiger partial charge in [0.2, 0.25) is 11.8 Å². The van der Waals surface area contributed by atoms with Gasteiger partial charge in [-0.2, -0.15) is 0 Å². The summed E-state index contributed by atoms with van der Waals surface area (Å²) in [5, 5.41) is 3.85. The summed E-state index contributed by atoms with van der Waals surface area (Å²) in [7, 11) is 0. The van der Waals surface area contributed by atoms with E-state index in [0.29, 0.717) is 23.3 Å². The van der Waals surface area contributed by atoms with Gasteiger partial charge in [-0.15, -0.1) is 0 Å². The Balaban J connectivity index is 1.40. The summed E-state index contributed by atoms with van der Waals surface area (Å²) in [6, 6.07) is 16.5. The molecule has 0 radical (unpaired) electrons. The van der Waals surface area contributed by atoms with Gasteiger partial charge < -0.3 is 19.7 Å². The summed E-state index contributed by atoms with van der Waals surface area (Å²) < 4.78 is 11.6. The first-order valence-corrected chi connectivity index (χ1v) is 12.0. The maximum absolute atomic E-state index is 12.8. The van der Waals surface area contributed by atoms with Gasteiger partial charge in [0.25, 0.3) is 0 Å². The highest BCUT2D eigenvalue weighted by molar-refractivity contribution is 5.80. The average Bonchev–Trinajstić information content (AvgIpc) is 3.61. The molecular weight excluding hydrogens is 442 g/mol. The summed E-state index contributed by atoms with van der Waals surface area (Å²) in [5.41, 5.74) is 1.51. The van der Waals surface area contributed by atoms with Crippen LogP contribution >= 0.6 is 0 Å². The second-order valence-corrected chi connectivity index (χ2v) is 10.2. The standard InChI is InChI=1S/C28H33N3O4/c1-18(29-19(2)32)21-8-14-25-22(16-21)9-15-26(30-25)34-23-10-12-24(13-11-23)35-27(33)31(28(3,4)5)17-20-6-7-20/h8-16,18,20H,6-7,17H2,1-5H3,(H,29,32). The van der Waals surface area contributed by atoms with Crippen molar-refractivity contribution < 1.29 is 19.1 Å². The number of hydrogen-bond donors (Lipinski definition) is 1. The molecule has 3 aromatic rings. The van der Waals surface area contributed by atoms with E-state index in [4.69, 9.17) is 9.47 Å². The fraction of sp³-hybridized carbons (Fsp3) is 0.393. The Labute approximate surface area is 206 Å². The van der Waals surface area contributed by atoms with Crippen molar-refractivity contribution in [1.29, 1.82) is 0 Å². The molecule has 1 heterocycles. The lowest BCUT2D eigenvalue weighted by molar-refractivity contribution is -0.119. The number of pyridine rings is 1. The van der Waals surface area contributed by atoms with Crippen LogP contribution in [0.4, 0.5) is 4.79 Å². The van der Waals surface area contributed by atoms with Crippen molar-refractivity contribution in [3.05, 3.63) is 60.2 Å². The van der Waals surface area contributed by atoms with E-state index in [1.807, 2.05) is 58.0 Å². The molecule has 184 valence electrons. The molecule has 2 aromatic carbocycles. The van der Waals surface area contributed by atoms with Gasteiger partial charge in [-0.1, -0.05) is 6.07 Å². The average molecular weight is 476 g/mol. The lowest BCUT2D eigenvalue weighted by Crippen LogP contribution is -2.48. The fourth-order valence-electron chi connectivity index (χ4n) is 3.87. The second-order valence-electron chi connectivity index (χ2n) is 10.2. The third-order valence-electron chi connectivity index (χ3n) is 6.03. The number of nitrogens with zero attached hydrogens (tertiary/aromatic N) is 2. The fourth-order valence-corrected chi connectivity index (χ4v) is 3.87.